The zero-order valence-corrected chi connectivity index (χ0v) is 11.6. The molecule has 0 radical (unpaired) electrons. The van der Waals surface area contributed by atoms with Crippen molar-refractivity contribution in [2.24, 2.45) is 0 Å². The minimum atomic E-state index is -3.26. The van der Waals surface area contributed by atoms with Crippen molar-refractivity contribution in [2.75, 3.05) is 19.6 Å². The van der Waals surface area contributed by atoms with E-state index >= 15 is 0 Å². The van der Waals surface area contributed by atoms with Crippen LogP contribution >= 0.6 is 0 Å². The molecule has 2 aliphatic heterocycles. The summed E-state index contributed by atoms with van der Waals surface area (Å²) in [7, 11) is -3.26. The Morgan fingerprint density at radius 2 is 2.05 bits per heavy atom. The zero-order chi connectivity index (χ0) is 13.5. The van der Waals surface area contributed by atoms with Crippen LogP contribution < -0.4 is 14.8 Å². The van der Waals surface area contributed by atoms with Gasteiger partial charge in [0.25, 0.3) is 0 Å². The Balaban J connectivity index is 2.00. The van der Waals surface area contributed by atoms with Gasteiger partial charge in [0.15, 0.2) is 21.3 Å². The van der Waals surface area contributed by atoms with Gasteiger partial charge in [0.2, 0.25) is 6.79 Å². The van der Waals surface area contributed by atoms with Crippen molar-refractivity contribution in [1.29, 1.82) is 0 Å². The molecule has 1 aromatic carbocycles. The van der Waals surface area contributed by atoms with E-state index in [1.807, 2.05) is 0 Å². The van der Waals surface area contributed by atoms with E-state index < -0.39 is 9.84 Å². The highest BCUT2D eigenvalue weighted by atomic mass is 32.2. The second-order valence-electron chi connectivity index (χ2n) is 5.08. The van der Waals surface area contributed by atoms with Crippen molar-refractivity contribution in [3.05, 3.63) is 17.7 Å². The first kappa shape index (κ1) is 12.7. The summed E-state index contributed by atoms with van der Waals surface area (Å²) in [5, 5.41) is 3.38. The van der Waals surface area contributed by atoms with Crippen molar-refractivity contribution in [3.8, 4) is 11.5 Å². The first-order chi connectivity index (χ1) is 9.04. The quantitative estimate of drug-likeness (QED) is 0.900. The minimum absolute atomic E-state index is 0.156. The summed E-state index contributed by atoms with van der Waals surface area (Å²) in [6.07, 6.45) is 4.16. The summed E-state index contributed by atoms with van der Waals surface area (Å²) in [5.41, 5.74) is 0.811. The van der Waals surface area contributed by atoms with E-state index in [0.717, 1.165) is 24.9 Å². The zero-order valence-electron chi connectivity index (χ0n) is 10.8. The molecule has 19 heavy (non-hydrogen) atoms. The molecule has 0 spiro atoms. The van der Waals surface area contributed by atoms with Crippen molar-refractivity contribution >= 4 is 9.84 Å². The SMILES string of the molecule is CS(=O)(=O)c1cc2c(cc1CC1CCCN1)OCO2. The lowest BCUT2D eigenvalue weighted by Crippen LogP contribution is -2.24. The minimum Gasteiger partial charge on any atom is -0.454 e. The number of hydrogen-bond acceptors (Lipinski definition) is 5. The highest BCUT2D eigenvalue weighted by Crippen LogP contribution is 2.37. The number of hydrogen-bond donors (Lipinski definition) is 1. The Kier molecular flexibility index (Phi) is 3.14. The van der Waals surface area contributed by atoms with Gasteiger partial charge in [-0.15, -0.1) is 0 Å². The molecule has 0 bridgehead atoms. The van der Waals surface area contributed by atoms with Gasteiger partial charge < -0.3 is 14.8 Å². The van der Waals surface area contributed by atoms with E-state index in [-0.39, 0.29) is 6.79 Å². The van der Waals surface area contributed by atoms with E-state index in [1.54, 1.807) is 12.1 Å². The van der Waals surface area contributed by atoms with E-state index in [0.29, 0.717) is 28.9 Å². The summed E-state index contributed by atoms with van der Waals surface area (Å²) in [5.74, 6) is 1.16. The standard InChI is InChI=1S/C13H17NO4S/c1-19(15,16)13-7-12-11(17-8-18-12)6-9(13)5-10-3-2-4-14-10/h6-7,10,14H,2-5,8H2,1H3. The Bertz CT molecular complexity index is 591. The van der Waals surface area contributed by atoms with Crippen LogP contribution in [0.1, 0.15) is 18.4 Å². The third kappa shape index (κ3) is 2.55. The highest BCUT2D eigenvalue weighted by molar-refractivity contribution is 7.90. The van der Waals surface area contributed by atoms with Crippen LogP contribution in [0.4, 0.5) is 0 Å². The second-order valence-corrected chi connectivity index (χ2v) is 7.07. The molecule has 1 N–H and O–H groups in total. The highest BCUT2D eigenvalue weighted by Gasteiger charge is 2.24. The van der Waals surface area contributed by atoms with Gasteiger partial charge in [-0.05, 0) is 37.4 Å². The van der Waals surface area contributed by atoms with Crippen LogP contribution in [0.2, 0.25) is 0 Å². The average Bonchev–Trinajstić information content (AvgIpc) is 2.96. The fourth-order valence-electron chi connectivity index (χ4n) is 2.67. The normalized spacial score (nSPS) is 21.8. The number of nitrogens with one attached hydrogen (secondary N) is 1. The summed E-state index contributed by atoms with van der Waals surface area (Å²) in [6, 6.07) is 3.74. The van der Waals surface area contributed by atoms with E-state index in [2.05, 4.69) is 5.32 Å². The monoisotopic (exact) mass is 283 g/mol. The van der Waals surface area contributed by atoms with Crippen LogP contribution in [-0.2, 0) is 16.3 Å². The van der Waals surface area contributed by atoms with Gasteiger partial charge in [-0.2, -0.15) is 0 Å². The van der Waals surface area contributed by atoms with Crippen LogP contribution in [0.5, 0.6) is 11.5 Å². The molecular formula is C13H17NO4S. The maximum Gasteiger partial charge on any atom is 0.231 e. The number of fused-ring (bicyclic) bond motifs is 1. The molecule has 1 saturated heterocycles. The molecule has 0 aliphatic carbocycles. The van der Waals surface area contributed by atoms with E-state index in [1.165, 1.54) is 6.26 Å². The molecule has 0 saturated carbocycles. The van der Waals surface area contributed by atoms with Gasteiger partial charge >= 0.3 is 0 Å². The number of sulfone groups is 1. The molecule has 6 heteroatoms. The molecule has 1 fully saturated rings. The summed E-state index contributed by atoms with van der Waals surface area (Å²) in [6.45, 7) is 1.16. The van der Waals surface area contributed by atoms with Crippen LogP contribution in [0.25, 0.3) is 0 Å². The topological polar surface area (TPSA) is 64.6 Å². The van der Waals surface area contributed by atoms with Crippen LogP contribution in [-0.4, -0.2) is 34.1 Å². The maximum absolute atomic E-state index is 11.9. The molecule has 2 aliphatic rings. The number of ether oxygens (including phenoxy) is 2. The first-order valence-corrected chi connectivity index (χ1v) is 8.29. The lowest BCUT2D eigenvalue weighted by Gasteiger charge is -2.14. The Labute approximate surface area is 112 Å². The van der Waals surface area contributed by atoms with Gasteiger partial charge in [0.05, 0.1) is 4.90 Å². The molecule has 2 heterocycles. The van der Waals surface area contributed by atoms with Gasteiger partial charge in [-0.1, -0.05) is 0 Å². The molecule has 1 unspecified atom stereocenters. The predicted molar refractivity (Wildman–Crippen MR) is 70.4 cm³/mol. The van der Waals surface area contributed by atoms with Gasteiger partial charge in [-0.25, -0.2) is 8.42 Å². The van der Waals surface area contributed by atoms with Crippen LogP contribution in [0, 0.1) is 0 Å². The van der Waals surface area contributed by atoms with Gasteiger partial charge in [0, 0.05) is 18.4 Å². The molecule has 5 nitrogen and oxygen atoms in total. The van der Waals surface area contributed by atoms with E-state index in [4.69, 9.17) is 9.47 Å². The third-order valence-electron chi connectivity index (χ3n) is 3.58. The maximum atomic E-state index is 11.9. The molecule has 0 amide bonds. The summed E-state index contributed by atoms with van der Waals surface area (Å²) in [4.78, 5) is 0.352. The molecule has 1 aromatic rings. The lowest BCUT2D eigenvalue weighted by atomic mass is 10.0. The number of rotatable bonds is 3. The predicted octanol–water partition coefficient (Wildman–Crippen LogP) is 1.11. The third-order valence-corrected chi connectivity index (χ3v) is 4.76. The Morgan fingerprint density at radius 3 is 2.68 bits per heavy atom. The fourth-order valence-corrected chi connectivity index (χ4v) is 3.61. The first-order valence-electron chi connectivity index (χ1n) is 6.40. The largest absolute Gasteiger partial charge is 0.454 e. The molecule has 0 aromatic heterocycles. The van der Waals surface area contributed by atoms with Crippen molar-refractivity contribution in [1.82, 2.24) is 5.32 Å². The van der Waals surface area contributed by atoms with Crippen molar-refractivity contribution in [3.63, 3.8) is 0 Å². The smallest absolute Gasteiger partial charge is 0.231 e. The van der Waals surface area contributed by atoms with Crippen LogP contribution in [0.3, 0.4) is 0 Å². The molecule has 104 valence electrons. The Hall–Kier alpha value is -1.27. The summed E-state index contributed by atoms with van der Waals surface area (Å²) >= 11 is 0. The summed E-state index contributed by atoms with van der Waals surface area (Å²) < 4.78 is 34.4. The fraction of sp³-hybridized carbons (Fsp3) is 0.538. The van der Waals surface area contributed by atoms with Crippen molar-refractivity contribution < 1.29 is 17.9 Å². The van der Waals surface area contributed by atoms with Gasteiger partial charge in [-0.3, -0.25) is 0 Å². The second kappa shape index (κ2) is 4.68. The molecule has 3 rings (SSSR count). The van der Waals surface area contributed by atoms with Crippen molar-refractivity contribution in [2.45, 2.75) is 30.2 Å². The average molecular weight is 283 g/mol. The van der Waals surface area contributed by atoms with E-state index in [9.17, 15) is 8.42 Å². The Morgan fingerprint density at radius 1 is 1.32 bits per heavy atom. The van der Waals surface area contributed by atoms with Gasteiger partial charge in [0.1, 0.15) is 0 Å². The van der Waals surface area contributed by atoms with Crippen LogP contribution in [0.15, 0.2) is 17.0 Å². The molecule has 1 atom stereocenters. The lowest BCUT2D eigenvalue weighted by molar-refractivity contribution is 0.174. The molecular weight excluding hydrogens is 266 g/mol. The number of benzene rings is 1.